The first-order valence-electron chi connectivity index (χ1n) is 5.57. The average molecular weight is 352 g/mol. The molecule has 9 nitrogen and oxygen atoms in total. The van der Waals surface area contributed by atoms with E-state index < -0.39 is 20.6 Å². The predicted octanol–water partition coefficient (Wildman–Crippen LogP) is 0.959. The van der Waals surface area contributed by atoms with Crippen molar-refractivity contribution in [1.29, 1.82) is 0 Å². The minimum Gasteiger partial charge on any atom is -0.321 e. The molecule has 0 spiro atoms. The molecule has 2 aromatic heterocycles. The van der Waals surface area contributed by atoms with Crippen LogP contribution in [-0.2, 0) is 23.5 Å². The van der Waals surface area contributed by atoms with E-state index >= 15 is 0 Å². The molecule has 0 amide bonds. The highest BCUT2D eigenvalue weighted by Crippen LogP contribution is 2.35. The molecule has 0 aliphatic carbocycles. The van der Waals surface area contributed by atoms with Gasteiger partial charge in [-0.3, -0.25) is 10.1 Å². The molecule has 2 heterocycles. The molecule has 0 atom stereocenters. The summed E-state index contributed by atoms with van der Waals surface area (Å²) < 4.78 is 27.7. The Kier molecular flexibility index (Phi) is 4.56. The van der Waals surface area contributed by atoms with E-state index in [1.165, 1.54) is 6.33 Å². The fraction of sp³-hybridized carbons (Fsp3) is 0.333. The molecule has 0 aliphatic heterocycles. The van der Waals surface area contributed by atoms with E-state index in [9.17, 15) is 18.5 Å². The smallest absolute Gasteiger partial charge is 0.300 e. The summed E-state index contributed by atoms with van der Waals surface area (Å²) in [4.78, 5) is 9.94. The largest absolute Gasteiger partial charge is 0.321 e. The molecule has 2 rings (SSSR count). The lowest BCUT2D eigenvalue weighted by atomic mass is 10.4. The maximum Gasteiger partial charge on any atom is 0.300 e. The molecule has 1 N–H and O–H groups in total. The molecule has 0 saturated heterocycles. The molecule has 0 bridgehead atoms. The first-order chi connectivity index (χ1) is 9.81. The van der Waals surface area contributed by atoms with Crippen LogP contribution in [0.5, 0.6) is 0 Å². The van der Waals surface area contributed by atoms with E-state index in [2.05, 4.69) is 14.9 Å². The highest BCUT2D eigenvalue weighted by Gasteiger charge is 2.25. The average Bonchev–Trinajstić information content (AvgIpc) is 2.96. The Labute approximate surface area is 128 Å². The topological polar surface area (TPSA) is 120 Å². The zero-order chi connectivity index (χ0) is 15.6. The second-order valence-electron chi connectivity index (χ2n) is 3.99. The van der Waals surface area contributed by atoms with Crippen molar-refractivity contribution < 1.29 is 13.3 Å². The van der Waals surface area contributed by atoms with Crippen molar-refractivity contribution in [3.8, 4) is 0 Å². The van der Waals surface area contributed by atoms with E-state index in [-0.39, 0.29) is 15.1 Å². The van der Waals surface area contributed by atoms with Crippen LogP contribution in [-0.4, -0.2) is 34.7 Å². The third kappa shape index (κ3) is 3.56. The number of hydrogen-bond donors (Lipinski definition) is 1. The number of aromatic nitrogens is 3. The van der Waals surface area contributed by atoms with E-state index in [1.807, 2.05) is 0 Å². The van der Waals surface area contributed by atoms with Crippen LogP contribution in [0.3, 0.4) is 0 Å². The molecule has 0 fully saturated rings. The first-order valence-corrected chi connectivity index (χ1v) is 8.25. The van der Waals surface area contributed by atoms with Gasteiger partial charge in [0.1, 0.15) is 16.4 Å². The molecular formula is C9H10ClN5O4S2. The summed E-state index contributed by atoms with van der Waals surface area (Å²) in [5.41, 5.74) is -0.421. The van der Waals surface area contributed by atoms with Crippen LogP contribution in [0.4, 0.5) is 5.69 Å². The van der Waals surface area contributed by atoms with Gasteiger partial charge in [-0.2, -0.15) is 0 Å². The van der Waals surface area contributed by atoms with Crippen LogP contribution in [0.2, 0.25) is 4.34 Å². The maximum absolute atomic E-state index is 12.0. The van der Waals surface area contributed by atoms with Gasteiger partial charge < -0.3 is 4.57 Å². The van der Waals surface area contributed by atoms with Crippen LogP contribution in [0.15, 0.2) is 16.6 Å². The van der Waals surface area contributed by atoms with Gasteiger partial charge in [0.15, 0.2) is 4.34 Å². The quantitative estimate of drug-likeness (QED) is 0.611. The lowest BCUT2D eigenvalue weighted by Gasteiger charge is -2.03. The standard InChI is InChI=1S/C9H10ClN5O4S2/c1-14-5-11-13-7(14)2-3-12-21(18,19)8-4-6(15(16)17)9(10)20-8/h4-5,12H,2-3H2,1H3. The van der Waals surface area contributed by atoms with Crippen molar-refractivity contribution in [3.63, 3.8) is 0 Å². The third-order valence-corrected chi connectivity index (χ3v) is 5.83. The first kappa shape index (κ1) is 15.8. The summed E-state index contributed by atoms with van der Waals surface area (Å²) in [6.45, 7) is 0.0954. The van der Waals surface area contributed by atoms with Crippen LogP contribution in [0.25, 0.3) is 0 Å². The fourth-order valence-corrected chi connectivity index (χ4v) is 4.24. The van der Waals surface area contributed by atoms with Crippen molar-refractivity contribution in [2.45, 2.75) is 10.6 Å². The van der Waals surface area contributed by atoms with Crippen molar-refractivity contribution in [2.75, 3.05) is 6.54 Å². The minimum atomic E-state index is -3.84. The Hall–Kier alpha value is -1.56. The summed E-state index contributed by atoms with van der Waals surface area (Å²) in [7, 11) is -2.10. The molecule has 114 valence electrons. The second-order valence-corrected chi connectivity index (χ2v) is 7.64. The summed E-state index contributed by atoms with van der Waals surface area (Å²) in [6, 6.07) is 0.942. The van der Waals surface area contributed by atoms with Crippen LogP contribution in [0, 0.1) is 10.1 Å². The van der Waals surface area contributed by atoms with E-state index in [1.54, 1.807) is 11.6 Å². The zero-order valence-electron chi connectivity index (χ0n) is 10.7. The highest BCUT2D eigenvalue weighted by atomic mass is 35.5. The van der Waals surface area contributed by atoms with Gasteiger partial charge in [0.05, 0.1) is 4.92 Å². The second kappa shape index (κ2) is 6.05. The van der Waals surface area contributed by atoms with E-state index in [4.69, 9.17) is 11.6 Å². The predicted molar refractivity (Wildman–Crippen MR) is 75.9 cm³/mol. The number of rotatable bonds is 6. The van der Waals surface area contributed by atoms with Gasteiger partial charge in [0, 0.05) is 26.1 Å². The summed E-state index contributed by atoms with van der Waals surface area (Å²) in [5, 5.41) is 18.2. The SMILES string of the molecule is Cn1cnnc1CCNS(=O)(=O)c1cc([N+](=O)[O-])c(Cl)s1. The summed E-state index contributed by atoms with van der Waals surface area (Å²) in [6.07, 6.45) is 1.85. The Morgan fingerprint density at radius 1 is 1.57 bits per heavy atom. The molecule has 0 saturated carbocycles. The van der Waals surface area contributed by atoms with Gasteiger partial charge in [0.25, 0.3) is 5.69 Å². The number of nitrogens with zero attached hydrogens (tertiary/aromatic N) is 4. The normalized spacial score (nSPS) is 11.7. The molecule has 0 radical (unpaired) electrons. The van der Waals surface area contributed by atoms with Crippen LogP contribution in [0.1, 0.15) is 5.82 Å². The maximum atomic E-state index is 12.0. The van der Waals surface area contributed by atoms with Crippen molar-refractivity contribution >= 4 is 38.6 Å². The zero-order valence-corrected chi connectivity index (χ0v) is 13.1. The number of aryl methyl sites for hydroxylation is 1. The summed E-state index contributed by atoms with van der Waals surface area (Å²) in [5.74, 6) is 0.618. The molecule has 12 heteroatoms. The number of nitrogens with one attached hydrogen (secondary N) is 1. The van der Waals surface area contributed by atoms with Gasteiger partial charge in [-0.1, -0.05) is 11.6 Å². The van der Waals surface area contributed by atoms with Gasteiger partial charge in [-0.05, 0) is 0 Å². The van der Waals surface area contributed by atoms with Crippen molar-refractivity contribution in [2.24, 2.45) is 7.05 Å². The number of halogens is 1. The van der Waals surface area contributed by atoms with Crippen LogP contribution < -0.4 is 4.72 Å². The summed E-state index contributed by atoms with van der Waals surface area (Å²) >= 11 is 6.29. The van der Waals surface area contributed by atoms with E-state index in [0.29, 0.717) is 23.6 Å². The molecule has 0 aliphatic rings. The molecule has 21 heavy (non-hydrogen) atoms. The molecule has 0 aromatic carbocycles. The Morgan fingerprint density at radius 3 is 2.81 bits per heavy atom. The van der Waals surface area contributed by atoms with Gasteiger partial charge >= 0.3 is 0 Å². The monoisotopic (exact) mass is 351 g/mol. The Bertz CT molecular complexity index is 769. The Balaban J connectivity index is 2.07. The lowest BCUT2D eigenvalue weighted by molar-refractivity contribution is -0.384. The number of thiophene rings is 1. The Morgan fingerprint density at radius 2 is 2.29 bits per heavy atom. The van der Waals surface area contributed by atoms with Crippen LogP contribution >= 0.6 is 22.9 Å². The minimum absolute atomic E-state index is 0.0954. The number of nitro groups is 1. The van der Waals surface area contributed by atoms with Gasteiger partial charge in [-0.25, -0.2) is 13.1 Å². The van der Waals surface area contributed by atoms with Crippen molar-refractivity contribution in [3.05, 3.63) is 32.7 Å². The number of sulfonamides is 1. The molecule has 0 unspecified atom stereocenters. The van der Waals surface area contributed by atoms with Gasteiger partial charge in [-0.15, -0.1) is 21.5 Å². The van der Waals surface area contributed by atoms with Crippen molar-refractivity contribution in [1.82, 2.24) is 19.5 Å². The highest BCUT2D eigenvalue weighted by molar-refractivity contribution is 7.91. The molecule has 2 aromatic rings. The number of hydrogen-bond acceptors (Lipinski definition) is 7. The molecular weight excluding hydrogens is 342 g/mol. The third-order valence-electron chi connectivity index (χ3n) is 2.55. The van der Waals surface area contributed by atoms with Gasteiger partial charge in [0.2, 0.25) is 10.0 Å². The lowest BCUT2D eigenvalue weighted by Crippen LogP contribution is -2.26. The fourth-order valence-electron chi connectivity index (χ4n) is 1.50. The van der Waals surface area contributed by atoms with E-state index in [0.717, 1.165) is 6.07 Å².